The zero-order chi connectivity index (χ0) is 22.0. The SMILES string of the molecule is [CH3-].[CH3-].[Zr]=[Si](c1ccccc1)c1ccccc1.c1ccc2[cH-]ccc2c1.c1ccc2[cH-]ccc2c1. The van der Waals surface area contributed by atoms with E-state index in [-0.39, 0.29) is 14.9 Å². The molecule has 0 spiro atoms. The molecule has 0 aliphatic rings. The first-order valence-electron chi connectivity index (χ1n) is 10.7. The first kappa shape index (κ1) is 27.4. The third-order valence-electron chi connectivity index (χ3n) is 5.22. The molecule has 0 saturated carbocycles. The molecule has 0 aromatic heterocycles. The van der Waals surface area contributed by atoms with Gasteiger partial charge in [0.15, 0.2) is 0 Å². The topological polar surface area (TPSA) is 0 Å². The van der Waals surface area contributed by atoms with Crippen molar-refractivity contribution in [3.8, 4) is 0 Å². The number of hydrogen-bond donors (Lipinski definition) is 0. The monoisotopic (exact) mass is 532 g/mol. The summed E-state index contributed by atoms with van der Waals surface area (Å²) in [6, 6.07) is 51.0. The van der Waals surface area contributed by atoms with E-state index >= 15 is 0 Å². The van der Waals surface area contributed by atoms with Crippen molar-refractivity contribution in [1.82, 2.24) is 0 Å². The maximum atomic E-state index is 2.25. The van der Waals surface area contributed by atoms with E-state index in [0.29, 0.717) is 0 Å². The van der Waals surface area contributed by atoms with Gasteiger partial charge in [-0.05, 0) is 0 Å². The van der Waals surface area contributed by atoms with E-state index in [1.54, 1.807) is 23.3 Å². The van der Waals surface area contributed by atoms with Crippen LogP contribution in [0.3, 0.4) is 0 Å². The Bertz CT molecular complexity index is 1210. The van der Waals surface area contributed by atoms with Gasteiger partial charge in [-0.3, -0.25) is 0 Å². The van der Waals surface area contributed by atoms with Crippen LogP contribution in [0, 0.1) is 14.9 Å². The number of hydrogen-bond acceptors (Lipinski definition) is 0. The summed E-state index contributed by atoms with van der Waals surface area (Å²) in [4.78, 5) is 0. The van der Waals surface area contributed by atoms with Crippen molar-refractivity contribution in [3.63, 3.8) is 0 Å². The Hall–Kier alpha value is -2.80. The molecule has 6 rings (SSSR count). The van der Waals surface area contributed by atoms with Crippen molar-refractivity contribution < 1.29 is 23.3 Å². The van der Waals surface area contributed by atoms with E-state index < -0.39 is 5.43 Å². The molecule has 0 nitrogen and oxygen atoms in total. The summed E-state index contributed by atoms with van der Waals surface area (Å²) in [6.07, 6.45) is 0. The van der Waals surface area contributed by atoms with Crippen molar-refractivity contribution in [3.05, 3.63) is 160 Å². The molecule has 34 heavy (non-hydrogen) atoms. The van der Waals surface area contributed by atoms with Gasteiger partial charge in [-0.1, -0.05) is 12.1 Å². The first-order chi connectivity index (χ1) is 15.8. The molecular formula is C32H30SiZr-4. The van der Waals surface area contributed by atoms with Crippen molar-refractivity contribution in [2.45, 2.75) is 0 Å². The average Bonchev–Trinajstić information content (AvgIpc) is 3.55. The van der Waals surface area contributed by atoms with Crippen LogP contribution in [0.25, 0.3) is 21.5 Å². The molecule has 0 atom stereocenters. The van der Waals surface area contributed by atoms with Gasteiger partial charge in [0, 0.05) is 0 Å². The predicted octanol–water partition coefficient (Wildman–Crippen LogP) is 7.36. The van der Waals surface area contributed by atoms with Crippen molar-refractivity contribution in [2.75, 3.05) is 0 Å². The van der Waals surface area contributed by atoms with Gasteiger partial charge in [0.2, 0.25) is 0 Å². The zero-order valence-electron chi connectivity index (χ0n) is 19.9. The maximum Gasteiger partial charge on any atom is -0.0809 e. The first-order valence-corrected chi connectivity index (χ1v) is 15.9. The van der Waals surface area contributed by atoms with Crippen LogP contribution in [-0.4, -0.2) is 5.43 Å². The van der Waals surface area contributed by atoms with Crippen LogP contribution in [-0.2, 0) is 23.3 Å². The van der Waals surface area contributed by atoms with Gasteiger partial charge >= 0.3 is 99.8 Å². The Balaban J connectivity index is 0.000000181. The second-order valence-electron chi connectivity index (χ2n) is 7.42. The van der Waals surface area contributed by atoms with Gasteiger partial charge in [-0.15, -0.1) is 59.3 Å². The fraction of sp³-hybridized carbons (Fsp3) is 0. The van der Waals surface area contributed by atoms with Crippen LogP contribution in [0.15, 0.2) is 146 Å². The number of benzene rings is 4. The summed E-state index contributed by atoms with van der Waals surface area (Å²) >= 11 is 1.64. The van der Waals surface area contributed by atoms with Gasteiger partial charge in [-0.2, -0.15) is 35.0 Å². The summed E-state index contributed by atoms with van der Waals surface area (Å²) in [5.74, 6) is 0. The van der Waals surface area contributed by atoms with E-state index in [1.807, 2.05) is 0 Å². The normalized spacial score (nSPS) is 9.38. The van der Waals surface area contributed by atoms with Crippen LogP contribution in [0.5, 0.6) is 0 Å². The van der Waals surface area contributed by atoms with E-state index in [2.05, 4.69) is 146 Å². The maximum absolute atomic E-state index is 2.25. The van der Waals surface area contributed by atoms with Gasteiger partial charge in [0.05, 0.1) is 0 Å². The van der Waals surface area contributed by atoms with Crippen molar-refractivity contribution >= 4 is 37.4 Å². The van der Waals surface area contributed by atoms with Gasteiger partial charge in [0.25, 0.3) is 0 Å². The Morgan fingerprint density at radius 3 is 1.18 bits per heavy atom. The minimum absolute atomic E-state index is 0. The molecule has 0 N–H and O–H groups in total. The minimum Gasteiger partial charge on any atom is -0.168 e. The molecule has 0 unspecified atom stereocenters. The number of rotatable bonds is 2. The van der Waals surface area contributed by atoms with Crippen molar-refractivity contribution in [2.24, 2.45) is 0 Å². The second kappa shape index (κ2) is 14.5. The summed E-state index contributed by atoms with van der Waals surface area (Å²) in [5, 5.41) is 8.36. The average molecular weight is 534 g/mol. The summed E-state index contributed by atoms with van der Waals surface area (Å²) in [7, 11) is 0. The molecule has 0 fully saturated rings. The van der Waals surface area contributed by atoms with Crippen LogP contribution < -0.4 is 10.4 Å². The standard InChI is InChI=1S/C12H10Si.2C9H7.2CH3.Zr/c1-3-7-11(8-4-1)13-12-9-5-2-6-10-12;2*1-2-5-9-7-3-6-8(9)4-1;;;/h1-10H;2*1-7H;2*1H3;/q;4*-1;. The fourth-order valence-electron chi connectivity index (χ4n) is 3.52. The third-order valence-corrected chi connectivity index (χ3v) is 11.3. The Labute approximate surface area is 220 Å². The summed E-state index contributed by atoms with van der Waals surface area (Å²) in [5.41, 5.74) is -0.455. The molecule has 6 aromatic carbocycles. The third kappa shape index (κ3) is 7.62. The van der Waals surface area contributed by atoms with Gasteiger partial charge in [-0.25, -0.2) is 0 Å². The van der Waals surface area contributed by atoms with E-state index in [1.165, 1.54) is 31.9 Å². The Kier molecular flexibility index (Phi) is 11.7. The van der Waals surface area contributed by atoms with E-state index in [0.717, 1.165) is 0 Å². The van der Waals surface area contributed by atoms with Gasteiger partial charge in [0.1, 0.15) is 0 Å². The van der Waals surface area contributed by atoms with Crippen LogP contribution in [0.2, 0.25) is 0 Å². The molecule has 0 heterocycles. The molecule has 0 aliphatic carbocycles. The Morgan fingerprint density at radius 1 is 0.441 bits per heavy atom. The van der Waals surface area contributed by atoms with Crippen LogP contribution in [0.4, 0.5) is 0 Å². The second-order valence-corrected chi connectivity index (χ2v) is 13.0. The van der Waals surface area contributed by atoms with Gasteiger partial charge < -0.3 is 14.9 Å². The van der Waals surface area contributed by atoms with Crippen LogP contribution >= 0.6 is 0 Å². The minimum atomic E-state index is -0.455. The van der Waals surface area contributed by atoms with E-state index in [9.17, 15) is 0 Å². The molecule has 0 bridgehead atoms. The van der Waals surface area contributed by atoms with E-state index in [4.69, 9.17) is 0 Å². The molecular weight excluding hydrogens is 504 g/mol. The molecule has 2 heteroatoms. The quantitative estimate of drug-likeness (QED) is 0.161. The molecule has 170 valence electrons. The van der Waals surface area contributed by atoms with Crippen molar-refractivity contribution in [1.29, 1.82) is 0 Å². The number of fused-ring (bicyclic) bond motifs is 2. The smallest absolute Gasteiger partial charge is 0.0809 e. The molecule has 6 aromatic rings. The molecule has 0 radical (unpaired) electrons. The largest absolute Gasteiger partial charge is 0.168 e. The molecule has 0 amide bonds. The zero-order valence-corrected chi connectivity index (χ0v) is 23.3. The molecule has 0 saturated heterocycles. The summed E-state index contributed by atoms with van der Waals surface area (Å²) in [6.45, 7) is 0. The predicted molar refractivity (Wildman–Crippen MR) is 150 cm³/mol. The molecule has 0 aliphatic heterocycles. The Morgan fingerprint density at radius 2 is 0.794 bits per heavy atom. The fourth-order valence-corrected chi connectivity index (χ4v) is 7.36. The van der Waals surface area contributed by atoms with Crippen LogP contribution in [0.1, 0.15) is 0 Å². The summed E-state index contributed by atoms with van der Waals surface area (Å²) < 4.78 is 0.